The first-order valence-electron chi connectivity index (χ1n) is 8.80. The second-order valence-corrected chi connectivity index (χ2v) is 6.37. The van der Waals surface area contributed by atoms with Crippen LogP contribution < -0.4 is 0 Å². The molecule has 4 heteroatoms. The Labute approximate surface area is 157 Å². The maximum atomic E-state index is 14.0. The van der Waals surface area contributed by atoms with Gasteiger partial charge in [0.2, 0.25) is 0 Å². The molecule has 0 aliphatic rings. The van der Waals surface area contributed by atoms with Crippen LogP contribution in [-0.4, -0.2) is 15.0 Å². The van der Waals surface area contributed by atoms with Gasteiger partial charge in [0, 0.05) is 43.1 Å². The van der Waals surface area contributed by atoms with Gasteiger partial charge >= 0.3 is 0 Å². The third kappa shape index (κ3) is 3.90. The van der Waals surface area contributed by atoms with E-state index >= 15 is 0 Å². The number of hydrogen-bond acceptors (Lipinski definition) is 3. The van der Waals surface area contributed by atoms with Gasteiger partial charge in [0.25, 0.3) is 0 Å². The third-order valence-electron chi connectivity index (χ3n) is 4.66. The lowest BCUT2D eigenvalue weighted by atomic mass is 9.85. The molecule has 0 spiro atoms. The van der Waals surface area contributed by atoms with Crippen LogP contribution in [-0.2, 0) is 6.42 Å². The molecule has 0 aliphatic carbocycles. The average Bonchev–Trinajstić information content (AvgIpc) is 2.75. The maximum Gasteiger partial charge on any atom is 0.123 e. The van der Waals surface area contributed by atoms with E-state index in [0.717, 1.165) is 34.2 Å². The fourth-order valence-electron chi connectivity index (χ4n) is 3.34. The molecule has 0 unspecified atom stereocenters. The van der Waals surface area contributed by atoms with E-state index in [0.29, 0.717) is 0 Å². The molecule has 0 amide bonds. The molecule has 132 valence electrons. The van der Waals surface area contributed by atoms with Gasteiger partial charge in [-0.2, -0.15) is 0 Å². The van der Waals surface area contributed by atoms with E-state index in [1.54, 1.807) is 30.9 Å². The molecule has 0 saturated heterocycles. The maximum absolute atomic E-state index is 14.0. The molecule has 1 aromatic carbocycles. The Morgan fingerprint density at radius 3 is 2.00 bits per heavy atom. The summed E-state index contributed by atoms with van der Waals surface area (Å²) in [5, 5.41) is 0. The van der Waals surface area contributed by atoms with Crippen LogP contribution in [0.4, 0.5) is 4.39 Å². The second-order valence-electron chi connectivity index (χ2n) is 6.37. The predicted molar refractivity (Wildman–Crippen MR) is 104 cm³/mol. The minimum absolute atomic E-state index is 0.0819. The van der Waals surface area contributed by atoms with Crippen molar-refractivity contribution in [1.82, 2.24) is 15.0 Å². The molecule has 27 heavy (non-hydrogen) atoms. The van der Waals surface area contributed by atoms with E-state index < -0.39 is 0 Å². The molecule has 0 N–H and O–H groups in total. The van der Waals surface area contributed by atoms with Crippen LogP contribution in [0.2, 0.25) is 0 Å². The van der Waals surface area contributed by atoms with Crippen molar-refractivity contribution < 1.29 is 4.39 Å². The molecule has 0 fully saturated rings. The van der Waals surface area contributed by atoms with Gasteiger partial charge in [0.1, 0.15) is 5.82 Å². The van der Waals surface area contributed by atoms with Crippen molar-refractivity contribution in [3.8, 4) is 11.1 Å². The number of hydrogen-bond donors (Lipinski definition) is 0. The summed E-state index contributed by atoms with van der Waals surface area (Å²) < 4.78 is 14.0. The van der Waals surface area contributed by atoms with Crippen molar-refractivity contribution in [2.24, 2.45) is 0 Å². The summed E-state index contributed by atoms with van der Waals surface area (Å²) in [5.41, 5.74) is 5.12. The van der Waals surface area contributed by atoms with Crippen LogP contribution in [0.1, 0.15) is 22.6 Å². The number of aromatic nitrogens is 3. The summed E-state index contributed by atoms with van der Waals surface area (Å²) >= 11 is 0. The number of pyridine rings is 3. The first-order valence-corrected chi connectivity index (χ1v) is 8.80. The summed E-state index contributed by atoms with van der Waals surface area (Å²) in [4.78, 5) is 12.6. The molecule has 0 atom stereocenters. The first-order chi connectivity index (χ1) is 13.3. The van der Waals surface area contributed by atoms with Crippen LogP contribution in [0.5, 0.6) is 0 Å². The van der Waals surface area contributed by atoms with Crippen molar-refractivity contribution in [3.63, 3.8) is 0 Å². The highest BCUT2D eigenvalue weighted by atomic mass is 19.1. The minimum atomic E-state index is -0.245. The van der Waals surface area contributed by atoms with Gasteiger partial charge in [-0.25, -0.2) is 4.39 Å². The zero-order valence-corrected chi connectivity index (χ0v) is 14.7. The summed E-state index contributed by atoms with van der Waals surface area (Å²) in [6.07, 6.45) is 11.5. The molecule has 0 radical (unpaired) electrons. The van der Waals surface area contributed by atoms with E-state index in [9.17, 15) is 4.39 Å². The Morgan fingerprint density at radius 2 is 1.41 bits per heavy atom. The SMILES string of the molecule is Fc1ccc(CC(c2cccnc2)c2cccnc2)c(-c2ccncc2)c1. The summed E-state index contributed by atoms with van der Waals surface area (Å²) in [5.74, 6) is -0.164. The highest BCUT2D eigenvalue weighted by Gasteiger charge is 2.18. The van der Waals surface area contributed by atoms with Crippen LogP contribution in [0, 0.1) is 5.82 Å². The normalized spacial score (nSPS) is 10.9. The highest BCUT2D eigenvalue weighted by molar-refractivity contribution is 5.67. The lowest BCUT2D eigenvalue weighted by Gasteiger charge is -2.19. The predicted octanol–water partition coefficient (Wildman–Crippen LogP) is 5.05. The van der Waals surface area contributed by atoms with E-state index in [1.807, 2.05) is 42.7 Å². The summed E-state index contributed by atoms with van der Waals surface area (Å²) in [6, 6.07) is 16.8. The first kappa shape index (κ1) is 17.0. The lowest BCUT2D eigenvalue weighted by molar-refractivity contribution is 0.627. The highest BCUT2D eigenvalue weighted by Crippen LogP contribution is 2.32. The van der Waals surface area contributed by atoms with E-state index in [-0.39, 0.29) is 11.7 Å². The van der Waals surface area contributed by atoms with Gasteiger partial charge in [-0.3, -0.25) is 15.0 Å². The zero-order valence-electron chi connectivity index (χ0n) is 14.7. The van der Waals surface area contributed by atoms with Crippen molar-refractivity contribution in [1.29, 1.82) is 0 Å². The molecule has 0 aliphatic heterocycles. The third-order valence-corrected chi connectivity index (χ3v) is 4.66. The van der Waals surface area contributed by atoms with Crippen LogP contribution >= 0.6 is 0 Å². The second kappa shape index (κ2) is 7.87. The molecule has 3 aromatic heterocycles. The summed E-state index contributed by atoms with van der Waals surface area (Å²) in [7, 11) is 0. The number of rotatable bonds is 5. The average molecular weight is 355 g/mol. The molecule has 4 aromatic rings. The lowest BCUT2D eigenvalue weighted by Crippen LogP contribution is -2.07. The number of halogens is 1. The van der Waals surface area contributed by atoms with Crippen molar-refractivity contribution in [2.75, 3.05) is 0 Å². The Hall–Kier alpha value is -3.40. The Balaban J connectivity index is 1.79. The Morgan fingerprint density at radius 1 is 0.741 bits per heavy atom. The minimum Gasteiger partial charge on any atom is -0.265 e. The molecular weight excluding hydrogens is 337 g/mol. The fraction of sp³-hybridized carbons (Fsp3) is 0.0870. The van der Waals surface area contributed by atoms with Gasteiger partial charge < -0.3 is 0 Å². The number of nitrogens with zero attached hydrogens (tertiary/aromatic N) is 3. The Bertz CT molecular complexity index is 966. The van der Waals surface area contributed by atoms with Gasteiger partial charge in [-0.15, -0.1) is 0 Å². The molecule has 3 nitrogen and oxygen atoms in total. The zero-order chi connectivity index (χ0) is 18.5. The van der Waals surface area contributed by atoms with Crippen LogP contribution in [0.3, 0.4) is 0 Å². The standard InChI is InChI=1S/C23H18FN3/c24-21-6-5-18(23(14-21)17-7-11-25-12-8-17)13-22(19-3-1-9-26-15-19)20-4-2-10-27-16-20/h1-12,14-16,22H,13H2. The topological polar surface area (TPSA) is 38.7 Å². The van der Waals surface area contributed by atoms with Gasteiger partial charge in [0.15, 0.2) is 0 Å². The largest absolute Gasteiger partial charge is 0.265 e. The van der Waals surface area contributed by atoms with Gasteiger partial charge in [0.05, 0.1) is 0 Å². The van der Waals surface area contributed by atoms with E-state index in [2.05, 4.69) is 27.1 Å². The van der Waals surface area contributed by atoms with Gasteiger partial charge in [-0.05, 0) is 70.6 Å². The van der Waals surface area contributed by atoms with E-state index in [4.69, 9.17) is 0 Å². The molecule has 4 rings (SSSR count). The Kier molecular flexibility index (Phi) is 4.97. The summed E-state index contributed by atoms with van der Waals surface area (Å²) in [6.45, 7) is 0. The molecule has 0 bridgehead atoms. The number of benzene rings is 1. The van der Waals surface area contributed by atoms with Crippen LogP contribution in [0.25, 0.3) is 11.1 Å². The van der Waals surface area contributed by atoms with Crippen molar-refractivity contribution >= 4 is 0 Å². The van der Waals surface area contributed by atoms with Crippen LogP contribution in [0.15, 0.2) is 91.8 Å². The van der Waals surface area contributed by atoms with E-state index in [1.165, 1.54) is 6.07 Å². The van der Waals surface area contributed by atoms with Crippen molar-refractivity contribution in [2.45, 2.75) is 12.3 Å². The smallest absolute Gasteiger partial charge is 0.123 e. The van der Waals surface area contributed by atoms with Crippen molar-refractivity contribution in [3.05, 3.63) is 114 Å². The monoisotopic (exact) mass is 355 g/mol. The molecule has 3 heterocycles. The quantitative estimate of drug-likeness (QED) is 0.503. The molecular formula is C23H18FN3. The van der Waals surface area contributed by atoms with Gasteiger partial charge in [-0.1, -0.05) is 18.2 Å². The fourth-order valence-corrected chi connectivity index (χ4v) is 3.34. The molecule has 0 saturated carbocycles.